The molecule has 0 aliphatic heterocycles. The molecule has 0 aromatic carbocycles. The highest BCUT2D eigenvalue weighted by molar-refractivity contribution is 7.90. The van der Waals surface area contributed by atoms with Gasteiger partial charge in [0.1, 0.15) is 20.7 Å². The first-order chi connectivity index (χ1) is 8.87. The highest BCUT2D eigenvalue weighted by Gasteiger charge is 2.16. The van der Waals surface area contributed by atoms with E-state index < -0.39 is 9.84 Å². The first kappa shape index (κ1) is 14.2. The Morgan fingerprint density at radius 3 is 2.79 bits per heavy atom. The molecule has 2 aromatic heterocycles. The van der Waals surface area contributed by atoms with Crippen molar-refractivity contribution >= 4 is 43.5 Å². The first-order valence-electron chi connectivity index (χ1n) is 5.46. The number of rotatable bonds is 5. The average molecular weight is 318 g/mol. The summed E-state index contributed by atoms with van der Waals surface area (Å²) in [5, 5.41) is 6.68. The lowest BCUT2D eigenvalue weighted by molar-refractivity contribution is 0.602. The van der Waals surface area contributed by atoms with Crippen molar-refractivity contribution in [3.63, 3.8) is 0 Å². The van der Waals surface area contributed by atoms with Gasteiger partial charge in [-0.25, -0.2) is 13.4 Å². The Bertz CT molecular complexity index is 675. The number of nitrogen functional groups attached to an aromatic ring is 1. The van der Waals surface area contributed by atoms with E-state index in [1.54, 1.807) is 0 Å². The van der Waals surface area contributed by atoms with Crippen LogP contribution >= 0.6 is 22.9 Å². The molecule has 0 aliphatic carbocycles. The summed E-state index contributed by atoms with van der Waals surface area (Å²) in [6.07, 6.45) is 1.21. The number of aryl methyl sites for hydroxylation is 1. The minimum Gasteiger partial charge on any atom is -0.382 e. The minimum atomic E-state index is -2.98. The van der Waals surface area contributed by atoms with E-state index in [9.17, 15) is 8.42 Å². The minimum absolute atomic E-state index is 0.0698. The van der Waals surface area contributed by atoms with Crippen molar-refractivity contribution < 1.29 is 8.42 Å². The molecule has 0 fully saturated rings. The second-order valence-electron chi connectivity index (χ2n) is 4.08. The molecule has 0 unspecified atom stereocenters. The fourth-order valence-electron chi connectivity index (χ4n) is 1.50. The molecule has 0 bridgehead atoms. The molecule has 0 radical (unpaired) electrons. The molecule has 104 valence electrons. The van der Waals surface area contributed by atoms with E-state index >= 15 is 0 Å². The van der Waals surface area contributed by atoms with E-state index in [0.717, 1.165) is 21.3 Å². The maximum absolute atomic E-state index is 11.1. The van der Waals surface area contributed by atoms with Crippen molar-refractivity contribution in [1.82, 2.24) is 9.36 Å². The van der Waals surface area contributed by atoms with Crippen LogP contribution in [0.1, 0.15) is 5.01 Å². The van der Waals surface area contributed by atoms with Crippen LogP contribution in [0.2, 0.25) is 0 Å². The standard InChI is InChI=1S/C10H14N4O2S3/c1-6-13-7(5-17-6)8-9(11)14-18-10(8)12-3-4-19(2,15)16/h5,12H,3-4H2,1-2H3,(H2,11,14). The van der Waals surface area contributed by atoms with Crippen molar-refractivity contribution in [1.29, 1.82) is 0 Å². The lowest BCUT2D eigenvalue weighted by Crippen LogP contribution is -2.13. The Hall–Kier alpha value is -1.19. The third-order valence-corrected chi connectivity index (χ3v) is 4.89. The number of nitrogens with two attached hydrogens (primary N) is 1. The number of thiazole rings is 1. The Labute approximate surface area is 119 Å². The molecule has 2 rings (SSSR count). The molecule has 0 aliphatic rings. The van der Waals surface area contributed by atoms with Crippen molar-refractivity contribution in [2.24, 2.45) is 0 Å². The quantitative estimate of drug-likeness (QED) is 0.869. The largest absolute Gasteiger partial charge is 0.382 e. The highest BCUT2D eigenvalue weighted by atomic mass is 32.2. The Balaban J connectivity index is 2.19. The van der Waals surface area contributed by atoms with Crippen LogP contribution in [-0.2, 0) is 9.84 Å². The number of nitrogens with one attached hydrogen (secondary N) is 1. The SMILES string of the molecule is Cc1nc(-c2c(N)nsc2NCCS(C)(=O)=O)cs1. The molecular formula is C10H14N4O2S3. The third kappa shape index (κ3) is 3.64. The lowest BCUT2D eigenvalue weighted by Gasteiger charge is -2.04. The van der Waals surface area contributed by atoms with Gasteiger partial charge in [0.25, 0.3) is 0 Å². The molecule has 0 amide bonds. The molecule has 0 atom stereocenters. The van der Waals surface area contributed by atoms with Crippen LogP contribution in [0.5, 0.6) is 0 Å². The smallest absolute Gasteiger partial charge is 0.149 e. The zero-order chi connectivity index (χ0) is 14.0. The van der Waals surface area contributed by atoms with E-state index in [1.165, 1.54) is 29.1 Å². The normalized spacial score (nSPS) is 11.7. The van der Waals surface area contributed by atoms with Gasteiger partial charge in [-0.05, 0) is 18.5 Å². The summed E-state index contributed by atoms with van der Waals surface area (Å²) in [7, 11) is -2.98. The summed E-state index contributed by atoms with van der Waals surface area (Å²) in [5.41, 5.74) is 7.37. The van der Waals surface area contributed by atoms with E-state index in [-0.39, 0.29) is 5.75 Å². The van der Waals surface area contributed by atoms with E-state index in [4.69, 9.17) is 5.73 Å². The predicted octanol–water partition coefficient (Wildman–Crippen LogP) is 1.61. The number of aromatic nitrogens is 2. The maximum Gasteiger partial charge on any atom is 0.149 e. The van der Waals surface area contributed by atoms with Crippen LogP contribution in [0.25, 0.3) is 11.3 Å². The molecule has 2 heterocycles. The summed E-state index contributed by atoms with van der Waals surface area (Å²) < 4.78 is 26.3. The Kier molecular flexibility index (Phi) is 4.07. The molecule has 19 heavy (non-hydrogen) atoms. The summed E-state index contributed by atoms with van der Waals surface area (Å²) >= 11 is 2.75. The fourth-order valence-corrected chi connectivity index (χ4v) is 3.32. The summed E-state index contributed by atoms with van der Waals surface area (Å²) in [5.74, 6) is 0.484. The first-order valence-corrected chi connectivity index (χ1v) is 9.17. The van der Waals surface area contributed by atoms with Gasteiger partial charge in [-0.1, -0.05) is 0 Å². The molecular weight excluding hydrogens is 304 g/mol. The van der Waals surface area contributed by atoms with Crippen molar-refractivity contribution in [2.75, 3.05) is 29.6 Å². The van der Waals surface area contributed by atoms with Crippen molar-refractivity contribution in [2.45, 2.75) is 6.92 Å². The molecule has 3 N–H and O–H groups in total. The molecule has 9 heteroatoms. The third-order valence-electron chi connectivity index (χ3n) is 2.35. The van der Waals surface area contributed by atoms with Gasteiger partial charge in [0.2, 0.25) is 0 Å². The van der Waals surface area contributed by atoms with Crippen molar-refractivity contribution in [3.05, 3.63) is 10.4 Å². The average Bonchev–Trinajstić information content (AvgIpc) is 2.84. The summed E-state index contributed by atoms with van der Waals surface area (Å²) in [4.78, 5) is 4.38. The molecule has 0 saturated heterocycles. The predicted molar refractivity (Wildman–Crippen MR) is 80.6 cm³/mol. The van der Waals surface area contributed by atoms with Crippen LogP contribution in [0.3, 0.4) is 0 Å². The lowest BCUT2D eigenvalue weighted by atomic mass is 10.2. The van der Waals surface area contributed by atoms with Crippen molar-refractivity contribution in [3.8, 4) is 11.3 Å². The Morgan fingerprint density at radius 1 is 1.47 bits per heavy atom. The van der Waals surface area contributed by atoms with Crippen LogP contribution in [0.15, 0.2) is 5.38 Å². The van der Waals surface area contributed by atoms with Gasteiger partial charge >= 0.3 is 0 Å². The molecule has 0 saturated carbocycles. The van der Waals surface area contributed by atoms with E-state index in [0.29, 0.717) is 12.4 Å². The summed E-state index contributed by atoms with van der Waals surface area (Å²) in [6.45, 7) is 2.25. The zero-order valence-corrected chi connectivity index (χ0v) is 13.0. The molecule has 2 aromatic rings. The van der Waals surface area contributed by atoms with Crippen LogP contribution in [0.4, 0.5) is 10.8 Å². The second kappa shape index (κ2) is 5.43. The molecule has 6 nitrogen and oxygen atoms in total. The highest BCUT2D eigenvalue weighted by Crippen LogP contribution is 2.36. The zero-order valence-electron chi connectivity index (χ0n) is 10.5. The van der Waals surface area contributed by atoms with Gasteiger partial charge in [-0.3, -0.25) is 0 Å². The van der Waals surface area contributed by atoms with Gasteiger partial charge in [-0.2, -0.15) is 4.37 Å². The summed E-state index contributed by atoms with van der Waals surface area (Å²) in [6, 6.07) is 0. The monoisotopic (exact) mass is 318 g/mol. The topological polar surface area (TPSA) is 98.0 Å². The number of hydrogen-bond acceptors (Lipinski definition) is 8. The maximum atomic E-state index is 11.1. The van der Waals surface area contributed by atoms with Crippen LogP contribution in [0, 0.1) is 6.92 Å². The number of sulfone groups is 1. The van der Waals surface area contributed by atoms with Gasteiger partial charge in [0.15, 0.2) is 0 Å². The molecule has 0 spiro atoms. The number of nitrogens with zero attached hydrogens (tertiary/aromatic N) is 2. The fraction of sp³-hybridized carbons (Fsp3) is 0.400. The van der Waals surface area contributed by atoms with Crippen LogP contribution < -0.4 is 11.1 Å². The van der Waals surface area contributed by atoms with Gasteiger partial charge in [-0.15, -0.1) is 11.3 Å². The van der Waals surface area contributed by atoms with Crippen LogP contribution in [-0.4, -0.2) is 36.3 Å². The van der Waals surface area contributed by atoms with Gasteiger partial charge < -0.3 is 11.1 Å². The Morgan fingerprint density at radius 2 is 2.21 bits per heavy atom. The van der Waals surface area contributed by atoms with E-state index in [2.05, 4.69) is 14.7 Å². The number of anilines is 2. The van der Waals surface area contributed by atoms with Gasteiger partial charge in [0.05, 0.1) is 22.0 Å². The van der Waals surface area contributed by atoms with Gasteiger partial charge in [0, 0.05) is 18.2 Å². The number of hydrogen-bond donors (Lipinski definition) is 2. The van der Waals surface area contributed by atoms with E-state index in [1.807, 2.05) is 12.3 Å². The second-order valence-corrected chi connectivity index (χ2v) is 8.18.